The number of carbonyl (C=O) groups excluding carboxylic acids is 1. The fraction of sp³-hybridized carbons (Fsp3) is 0.350. The standard InChI is InChI=1S/C20H26N2O6S/c1-13(2)22-29(24,25)16-8-6-15(7-9-16)20(23)21-12-14-10-17(26-3)19(28-5)18(11-14)27-4/h6-11,13,22H,12H2,1-5H3,(H,21,23). The summed E-state index contributed by atoms with van der Waals surface area (Å²) < 4.78 is 42.7. The van der Waals surface area contributed by atoms with Crippen LogP contribution in [0.2, 0.25) is 0 Å². The summed E-state index contributed by atoms with van der Waals surface area (Å²) in [6, 6.07) is 9.02. The van der Waals surface area contributed by atoms with Crippen molar-refractivity contribution in [2.45, 2.75) is 31.3 Å². The van der Waals surface area contributed by atoms with Gasteiger partial charge in [0.2, 0.25) is 15.8 Å². The van der Waals surface area contributed by atoms with Crippen LogP contribution >= 0.6 is 0 Å². The Morgan fingerprint density at radius 2 is 1.52 bits per heavy atom. The van der Waals surface area contributed by atoms with Gasteiger partial charge in [0.15, 0.2) is 11.5 Å². The number of rotatable bonds is 9. The Morgan fingerprint density at radius 3 is 1.97 bits per heavy atom. The van der Waals surface area contributed by atoms with Crippen molar-refractivity contribution >= 4 is 15.9 Å². The van der Waals surface area contributed by atoms with Gasteiger partial charge in [-0.25, -0.2) is 13.1 Å². The first-order valence-electron chi connectivity index (χ1n) is 8.91. The van der Waals surface area contributed by atoms with Gasteiger partial charge in [0, 0.05) is 18.2 Å². The van der Waals surface area contributed by atoms with Crippen molar-refractivity contribution in [2.24, 2.45) is 0 Å². The Balaban J connectivity index is 2.12. The summed E-state index contributed by atoms with van der Waals surface area (Å²) in [5.74, 6) is 1.11. The molecular formula is C20H26N2O6S. The molecule has 2 aromatic rings. The lowest BCUT2D eigenvalue weighted by molar-refractivity contribution is 0.0950. The highest BCUT2D eigenvalue weighted by atomic mass is 32.2. The predicted molar refractivity (Wildman–Crippen MR) is 109 cm³/mol. The molecule has 0 fully saturated rings. The molecule has 1 amide bonds. The first-order valence-corrected chi connectivity index (χ1v) is 10.4. The maximum Gasteiger partial charge on any atom is 0.251 e. The number of carbonyl (C=O) groups is 1. The van der Waals surface area contributed by atoms with E-state index in [0.717, 1.165) is 5.56 Å². The SMILES string of the molecule is COc1cc(CNC(=O)c2ccc(S(=O)(=O)NC(C)C)cc2)cc(OC)c1OC. The molecule has 2 rings (SSSR count). The van der Waals surface area contributed by atoms with Gasteiger partial charge in [0.1, 0.15) is 0 Å². The third-order valence-corrected chi connectivity index (χ3v) is 5.67. The summed E-state index contributed by atoms with van der Waals surface area (Å²) in [4.78, 5) is 12.5. The molecule has 0 aliphatic carbocycles. The summed E-state index contributed by atoms with van der Waals surface area (Å²) >= 11 is 0. The number of amides is 1. The zero-order valence-corrected chi connectivity index (χ0v) is 17.9. The zero-order valence-electron chi connectivity index (χ0n) is 17.1. The Kier molecular flexibility index (Phi) is 7.46. The van der Waals surface area contributed by atoms with E-state index < -0.39 is 10.0 Å². The largest absolute Gasteiger partial charge is 0.493 e. The van der Waals surface area contributed by atoms with Crippen LogP contribution in [0.3, 0.4) is 0 Å². The Bertz CT molecular complexity index is 930. The number of sulfonamides is 1. The second-order valence-corrected chi connectivity index (χ2v) is 8.23. The average molecular weight is 423 g/mol. The molecule has 0 spiro atoms. The van der Waals surface area contributed by atoms with Gasteiger partial charge in [-0.05, 0) is 55.8 Å². The molecule has 0 unspecified atom stereocenters. The van der Waals surface area contributed by atoms with Crippen molar-refractivity contribution in [1.82, 2.24) is 10.0 Å². The smallest absolute Gasteiger partial charge is 0.251 e. The maximum absolute atomic E-state index is 12.4. The van der Waals surface area contributed by atoms with Crippen molar-refractivity contribution in [1.29, 1.82) is 0 Å². The number of methoxy groups -OCH3 is 3. The molecule has 2 N–H and O–H groups in total. The topological polar surface area (TPSA) is 103 Å². The Morgan fingerprint density at radius 1 is 0.966 bits per heavy atom. The first kappa shape index (κ1) is 22.5. The molecule has 0 radical (unpaired) electrons. The minimum atomic E-state index is -3.60. The first-order chi connectivity index (χ1) is 13.7. The van der Waals surface area contributed by atoms with Crippen LogP contribution in [-0.4, -0.2) is 41.7 Å². The highest BCUT2D eigenvalue weighted by Crippen LogP contribution is 2.38. The van der Waals surface area contributed by atoms with E-state index in [-0.39, 0.29) is 23.4 Å². The molecule has 29 heavy (non-hydrogen) atoms. The average Bonchev–Trinajstić information content (AvgIpc) is 2.70. The van der Waals surface area contributed by atoms with Crippen molar-refractivity contribution < 1.29 is 27.4 Å². The third kappa shape index (κ3) is 5.61. The number of benzene rings is 2. The fourth-order valence-corrected chi connectivity index (χ4v) is 3.94. The summed E-state index contributed by atoms with van der Waals surface area (Å²) in [7, 11) is 0.950. The lowest BCUT2D eigenvalue weighted by atomic mass is 10.1. The van der Waals surface area contributed by atoms with Crippen LogP contribution in [0.4, 0.5) is 0 Å². The van der Waals surface area contributed by atoms with E-state index in [1.54, 1.807) is 26.0 Å². The molecule has 0 saturated carbocycles. The molecular weight excluding hydrogens is 396 g/mol. The summed E-state index contributed by atoms with van der Waals surface area (Å²) in [5, 5.41) is 2.79. The van der Waals surface area contributed by atoms with Gasteiger partial charge in [-0.2, -0.15) is 0 Å². The highest BCUT2D eigenvalue weighted by Gasteiger charge is 2.17. The molecule has 2 aromatic carbocycles. The van der Waals surface area contributed by atoms with E-state index in [2.05, 4.69) is 10.0 Å². The van der Waals surface area contributed by atoms with Crippen LogP contribution < -0.4 is 24.2 Å². The molecule has 0 bridgehead atoms. The number of ether oxygens (including phenoxy) is 3. The fourth-order valence-electron chi connectivity index (χ4n) is 2.69. The van der Waals surface area contributed by atoms with Crippen molar-refractivity contribution in [3.05, 3.63) is 47.5 Å². The van der Waals surface area contributed by atoms with Gasteiger partial charge in [0.25, 0.3) is 5.91 Å². The van der Waals surface area contributed by atoms with Crippen LogP contribution in [0.25, 0.3) is 0 Å². The molecule has 0 atom stereocenters. The van der Waals surface area contributed by atoms with E-state index in [0.29, 0.717) is 22.8 Å². The van der Waals surface area contributed by atoms with Gasteiger partial charge in [-0.1, -0.05) is 0 Å². The zero-order chi connectivity index (χ0) is 21.6. The van der Waals surface area contributed by atoms with Crippen LogP contribution in [0.15, 0.2) is 41.3 Å². The second kappa shape index (κ2) is 9.62. The molecule has 0 aliphatic rings. The lowest BCUT2D eigenvalue weighted by Gasteiger charge is -2.14. The quantitative estimate of drug-likeness (QED) is 0.643. The maximum atomic E-state index is 12.4. The van der Waals surface area contributed by atoms with E-state index in [4.69, 9.17) is 14.2 Å². The Hall–Kier alpha value is -2.78. The number of hydrogen-bond donors (Lipinski definition) is 2. The minimum absolute atomic E-state index is 0.104. The number of hydrogen-bond acceptors (Lipinski definition) is 6. The van der Waals surface area contributed by atoms with Crippen molar-refractivity contribution in [2.75, 3.05) is 21.3 Å². The molecule has 9 heteroatoms. The molecule has 158 valence electrons. The molecule has 8 nitrogen and oxygen atoms in total. The van der Waals surface area contributed by atoms with Crippen LogP contribution in [-0.2, 0) is 16.6 Å². The monoisotopic (exact) mass is 422 g/mol. The second-order valence-electron chi connectivity index (χ2n) is 6.52. The van der Waals surface area contributed by atoms with Gasteiger partial charge in [-0.3, -0.25) is 4.79 Å². The van der Waals surface area contributed by atoms with Gasteiger partial charge < -0.3 is 19.5 Å². The normalized spacial score (nSPS) is 11.2. The highest BCUT2D eigenvalue weighted by molar-refractivity contribution is 7.89. The number of nitrogens with one attached hydrogen (secondary N) is 2. The molecule has 0 aliphatic heterocycles. The molecule has 0 saturated heterocycles. The van der Waals surface area contributed by atoms with Gasteiger partial charge in [0.05, 0.1) is 26.2 Å². The van der Waals surface area contributed by atoms with Gasteiger partial charge in [-0.15, -0.1) is 0 Å². The summed E-state index contributed by atoms with van der Waals surface area (Å²) in [6.45, 7) is 3.70. The molecule has 0 aromatic heterocycles. The molecule has 0 heterocycles. The van der Waals surface area contributed by atoms with E-state index in [1.807, 2.05) is 0 Å². The predicted octanol–water partition coefficient (Wildman–Crippen LogP) is 2.33. The van der Waals surface area contributed by atoms with E-state index in [9.17, 15) is 13.2 Å². The van der Waals surface area contributed by atoms with Crippen molar-refractivity contribution in [3.63, 3.8) is 0 Å². The van der Waals surface area contributed by atoms with Crippen molar-refractivity contribution in [3.8, 4) is 17.2 Å². The van der Waals surface area contributed by atoms with Gasteiger partial charge >= 0.3 is 0 Å². The van der Waals surface area contributed by atoms with Crippen LogP contribution in [0, 0.1) is 0 Å². The van der Waals surface area contributed by atoms with Crippen LogP contribution in [0.5, 0.6) is 17.2 Å². The van der Waals surface area contributed by atoms with Crippen LogP contribution in [0.1, 0.15) is 29.8 Å². The summed E-state index contributed by atoms with van der Waals surface area (Å²) in [6.07, 6.45) is 0. The summed E-state index contributed by atoms with van der Waals surface area (Å²) in [5.41, 5.74) is 1.11. The third-order valence-electron chi connectivity index (χ3n) is 4.00. The lowest BCUT2D eigenvalue weighted by Crippen LogP contribution is -2.30. The minimum Gasteiger partial charge on any atom is -0.493 e. The Labute approximate surface area is 171 Å². The van der Waals surface area contributed by atoms with E-state index in [1.165, 1.54) is 45.6 Å². The van der Waals surface area contributed by atoms with E-state index >= 15 is 0 Å².